The van der Waals surface area contributed by atoms with Crippen molar-refractivity contribution in [2.24, 2.45) is 11.8 Å². The topological polar surface area (TPSA) is 21.3 Å². The maximum Gasteiger partial charge on any atom is 0.0597 e. The Morgan fingerprint density at radius 3 is 2.35 bits per heavy atom. The average Bonchev–Trinajstić information content (AvgIpc) is 2.49. The van der Waals surface area contributed by atoms with Crippen molar-refractivity contribution in [3.8, 4) is 0 Å². The zero-order valence-electron chi connectivity index (χ0n) is 12.1. The van der Waals surface area contributed by atoms with Crippen molar-refractivity contribution in [1.82, 2.24) is 5.32 Å². The third-order valence-corrected chi connectivity index (χ3v) is 4.13. The number of hydrogen-bond acceptors (Lipinski definition) is 2. The first-order valence-electron chi connectivity index (χ1n) is 7.00. The Bertz CT molecular complexity index is 251. The highest BCUT2D eigenvalue weighted by Gasteiger charge is 2.40. The SMILES string of the molecule is C=C(C)CCC(NCC)C1C(C)OC(C)C1C. The predicted octanol–water partition coefficient (Wildman–Crippen LogP) is 3.38. The lowest BCUT2D eigenvalue weighted by Crippen LogP contribution is -2.41. The molecule has 0 spiro atoms. The van der Waals surface area contributed by atoms with Gasteiger partial charge in [0.25, 0.3) is 0 Å². The summed E-state index contributed by atoms with van der Waals surface area (Å²) in [5, 5.41) is 3.64. The molecule has 1 heterocycles. The lowest BCUT2D eigenvalue weighted by molar-refractivity contribution is 0.0473. The highest BCUT2D eigenvalue weighted by Crippen LogP contribution is 2.36. The maximum absolute atomic E-state index is 5.96. The van der Waals surface area contributed by atoms with Gasteiger partial charge in [0.15, 0.2) is 0 Å². The van der Waals surface area contributed by atoms with Crippen molar-refractivity contribution in [2.75, 3.05) is 6.54 Å². The van der Waals surface area contributed by atoms with E-state index in [1.807, 2.05) is 0 Å². The normalized spacial score (nSPS) is 34.9. The van der Waals surface area contributed by atoms with Crippen molar-refractivity contribution >= 4 is 0 Å². The van der Waals surface area contributed by atoms with Crippen LogP contribution in [-0.2, 0) is 4.74 Å². The molecule has 5 unspecified atom stereocenters. The van der Waals surface area contributed by atoms with E-state index in [4.69, 9.17) is 4.74 Å². The van der Waals surface area contributed by atoms with Crippen LogP contribution in [0.2, 0.25) is 0 Å². The minimum atomic E-state index is 0.370. The van der Waals surface area contributed by atoms with Crippen LogP contribution in [-0.4, -0.2) is 24.8 Å². The van der Waals surface area contributed by atoms with Crippen LogP contribution in [0.3, 0.4) is 0 Å². The van der Waals surface area contributed by atoms with Crippen LogP contribution in [0, 0.1) is 11.8 Å². The van der Waals surface area contributed by atoms with E-state index in [9.17, 15) is 0 Å². The van der Waals surface area contributed by atoms with Crippen molar-refractivity contribution in [1.29, 1.82) is 0 Å². The molecule has 0 saturated carbocycles. The molecule has 100 valence electrons. The van der Waals surface area contributed by atoms with Crippen molar-refractivity contribution in [2.45, 2.75) is 65.7 Å². The van der Waals surface area contributed by atoms with Crippen LogP contribution in [0.4, 0.5) is 0 Å². The summed E-state index contributed by atoms with van der Waals surface area (Å²) < 4.78 is 5.96. The lowest BCUT2D eigenvalue weighted by atomic mass is 9.81. The molecule has 2 heteroatoms. The summed E-state index contributed by atoms with van der Waals surface area (Å²) in [5.74, 6) is 1.27. The number of nitrogens with one attached hydrogen (secondary N) is 1. The quantitative estimate of drug-likeness (QED) is 0.717. The van der Waals surface area contributed by atoms with E-state index in [2.05, 4.69) is 46.5 Å². The van der Waals surface area contributed by atoms with Crippen LogP contribution in [0.15, 0.2) is 12.2 Å². The molecule has 1 aliphatic rings. The fourth-order valence-corrected chi connectivity index (χ4v) is 3.08. The maximum atomic E-state index is 5.96. The average molecular weight is 239 g/mol. The van der Waals surface area contributed by atoms with Crippen LogP contribution in [0.25, 0.3) is 0 Å². The molecule has 17 heavy (non-hydrogen) atoms. The minimum absolute atomic E-state index is 0.370. The zero-order valence-corrected chi connectivity index (χ0v) is 12.1. The number of allylic oxidation sites excluding steroid dienone is 1. The summed E-state index contributed by atoms with van der Waals surface area (Å²) in [7, 11) is 0. The molecule has 0 aromatic rings. The summed E-state index contributed by atoms with van der Waals surface area (Å²) in [4.78, 5) is 0. The van der Waals surface area contributed by atoms with E-state index in [0.717, 1.165) is 13.0 Å². The second-order valence-electron chi connectivity index (χ2n) is 5.64. The van der Waals surface area contributed by atoms with Gasteiger partial charge in [0.05, 0.1) is 12.2 Å². The Labute approximate surface area is 107 Å². The second kappa shape index (κ2) is 6.55. The first-order valence-corrected chi connectivity index (χ1v) is 7.00. The van der Waals surface area contributed by atoms with Gasteiger partial charge in [0, 0.05) is 12.0 Å². The molecular formula is C15H29NO. The Kier molecular flexibility index (Phi) is 5.68. The monoisotopic (exact) mass is 239 g/mol. The molecule has 0 radical (unpaired) electrons. The number of hydrogen-bond donors (Lipinski definition) is 1. The van der Waals surface area contributed by atoms with Crippen molar-refractivity contribution in [3.63, 3.8) is 0 Å². The molecule has 0 aliphatic carbocycles. The van der Waals surface area contributed by atoms with Gasteiger partial charge in [0.1, 0.15) is 0 Å². The summed E-state index contributed by atoms with van der Waals surface area (Å²) in [6, 6.07) is 0.562. The Hall–Kier alpha value is -0.340. The standard InChI is InChI=1S/C15H29NO/c1-7-16-14(9-8-10(2)3)15-11(4)12(5)17-13(15)6/h11-16H,2,7-9H2,1,3-6H3. The van der Waals surface area contributed by atoms with Crippen LogP contribution in [0.5, 0.6) is 0 Å². The largest absolute Gasteiger partial charge is 0.375 e. The number of rotatable bonds is 6. The van der Waals surface area contributed by atoms with E-state index in [1.54, 1.807) is 0 Å². The van der Waals surface area contributed by atoms with Gasteiger partial charge in [-0.25, -0.2) is 0 Å². The van der Waals surface area contributed by atoms with Gasteiger partial charge in [-0.3, -0.25) is 0 Å². The molecule has 1 fully saturated rings. The first-order chi connectivity index (χ1) is 7.97. The fraction of sp³-hybridized carbons (Fsp3) is 0.867. The lowest BCUT2D eigenvalue weighted by Gasteiger charge is -2.29. The third-order valence-electron chi connectivity index (χ3n) is 4.13. The molecular weight excluding hydrogens is 210 g/mol. The fourth-order valence-electron chi connectivity index (χ4n) is 3.08. The van der Waals surface area contributed by atoms with Gasteiger partial charge in [-0.15, -0.1) is 6.58 Å². The van der Waals surface area contributed by atoms with E-state index in [-0.39, 0.29) is 0 Å². The second-order valence-corrected chi connectivity index (χ2v) is 5.64. The van der Waals surface area contributed by atoms with Crippen LogP contribution in [0.1, 0.15) is 47.5 Å². The molecule has 5 atom stereocenters. The zero-order chi connectivity index (χ0) is 13.0. The van der Waals surface area contributed by atoms with Gasteiger partial charge in [-0.2, -0.15) is 0 Å². The Morgan fingerprint density at radius 2 is 1.94 bits per heavy atom. The van der Waals surface area contributed by atoms with E-state index < -0.39 is 0 Å². The molecule has 0 aromatic heterocycles. The molecule has 1 aliphatic heterocycles. The third kappa shape index (κ3) is 3.82. The Morgan fingerprint density at radius 1 is 1.29 bits per heavy atom. The predicted molar refractivity (Wildman–Crippen MR) is 74.2 cm³/mol. The van der Waals surface area contributed by atoms with E-state index in [0.29, 0.717) is 30.1 Å². The molecule has 0 aromatic carbocycles. The molecule has 0 amide bonds. The van der Waals surface area contributed by atoms with Gasteiger partial charge in [0.2, 0.25) is 0 Å². The highest BCUT2D eigenvalue weighted by molar-refractivity contribution is 4.95. The van der Waals surface area contributed by atoms with Crippen LogP contribution >= 0.6 is 0 Å². The van der Waals surface area contributed by atoms with Gasteiger partial charge in [-0.05, 0) is 46.1 Å². The summed E-state index contributed by atoms with van der Waals surface area (Å²) >= 11 is 0. The smallest absolute Gasteiger partial charge is 0.0597 e. The summed E-state index contributed by atoms with van der Waals surface area (Å²) in [6.45, 7) is 16.1. The van der Waals surface area contributed by atoms with Gasteiger partial charge < -0.3 is 10.1 Å². The molecule has 0 bridgehead atoms. The Balaban J connectivity index is 2.65. The van der Waals surface area contributed by atoms with Gasteiger partial charge >= 0.3 is 0 Å². The number of ether oxygens (including phenoxy) is 1. The molecule has 2 nitrogen and oxygen atoms in total. The highest BCUT2D eigenvalue weighted by atomic mass is 16.5. The van der Waals surface area contributed by atoms with Crippen LogP contribution < -0.4 is 5.32 Å². The van der Waals surface area contributed by atoms with Gasteiger partial charge in [-0.1, -0.05) is 19.4 Å². The summed E-state index contributed by atoms with van der Waals surface area (Å²) in [6.07, 6.45) is 3.05. The molecule has 1 rings (SSSR count). The van der Waals surface area contributed by atoms with E-state index >= 15 is 0 Å². The van der Waals surface area contributed by atoms with Crippen molar-refractivity contribution in [3.05, 3.63) is 12.2 Å². The first kappa shape index (κ1) is 14.7. The summed E-state index contributed by atoms with van der Waals surface area (Å²) in [5.41, 5.74) is 1.28. The van der Waals surface area contributed by atoms with Crippen molar-refractivity contribution < 1.29 is 4.74 Å². The minimum Gasteiger partial charge on any atom is -0.375 e. The molecule has 1 saturated heterocycles. The molecule has 1 N–H and O–H groups in total. The van der Waals surface area contributed by atoms with E-state index in [1.165, 1.54) is 12.0 Å².